The van der Waals surface area contributed by atoms with Crippen LogP contribution in [0, 0.1) is 0 Å². The molecular formula is C18H29N5O. The molecule has 6 heteroatoms. The average molecular weight is 331 g/mol. The SMILES string of the molecule is CN=C(N)C(N)=NCCCOc1cccc(CN2CCCCC2)c1. The van der Waals surface area contributed by atoms with Gasteiger partial charge in [-0.2, -0.15) is 0 Å². The van der Waals surface area contributed by atoms with Crippen LogP contribution in [-0.4, -0.2) is 49.9 Å². The van der Waals surface area contributed by atoms with Crippen molar-refractivity contribution in [3.8, 4) is 5.75 Å². The van der Waals surface area contributed by atoms with Crippen LogP contribution < -0.4 is 16.2 Å². The van der Waals surface area contributed by atoms with Crippen LogP contribution in [0.25, 0.3) is 0 Å². The van der Waals surface area contributed by atoms with Gasteiger partial charge in [0.25, 0.3) is 0 Å². The molecule has 6 nitrogen and oxygen atoms in total. The lowest BCUT2D eigenvalue weighted by Gasteiger charge is -2.26. The number of rotatable bonds is 7. The van der Waals surface area contributed by atoms with Gasteiger partial charge >= 0.3 is 0 Å². The Morgan fingerprint density at radius 2 is 1.96 bits per heavy atom. The number of nitrogens with two attached hydrogens (primary N) is 2. The van der Waals surface area contributed by atoms with E-state index in [9.17, 15) is 0 Å². The third kappa shape index (κ3) is 6.20. The number of hydrogen-bond donors (Lipinski definition) is 2. The molecule has 0 aliphatic carbocycles. The summed E-state index contributed by atoms with van der Waals surface area (Å²) >= 11 is 0. The Morgan fingerprint density at radius 1 is 1.17 bits per heavy atom. The molecule has 1 fully saturated rings. The Labute approximate surface area is 144 Å². The lowest BCUT2D eigenvalue weighted by molar-refractivity contribution is 0.220. The number of piperidine rings is 1. The van der Waals surface area contributed by atoms with Crippen molar-refractivity contribution >= 4 is 11.7 Å². The van der Waals surface area contributed by atoms with E-state index in [1.54, 1.807) is 7.05 Å². The Kier molecular flexibility index (Phi) is 7.55. The molecule has 0 bridgehead atoms. The third-order valence-corrected chi connectivity index (χ3v) is 4.11. The van der Waals surface area contributed by atoms with Gasteiger partial charge in [-0.05, 0) is 43.6 Å². The summed E-state index contributed by atoms with van der Waals surface area (Å²) in [6.45, 7) is 4.60. The summed E-state index contributed by atoms with van der Waals surface area (Å²) in [4.78, 5) is 10.5. The number of aliphatic imine (C=N–C) groups is 2. The van der Waals surface area contributed by atoms with E-state index in [2.05, 4.69) is 33.1 Å². The van der Waals surface area contributed by atoms with Crippen molar-refractivity contribution in [1.29, 1.82) is 0 Å². The second kappa shape index (κ2) is 9.93. The monoisotopic (exact) mass is 331 g/mol. The quantitative estimate of drug-likeness (QED) is 0.453. The number of likely N-dealkylation sites (tertiary alicyclic amines) is 1. The molecular weight excluding hydrogens is 302 g/mol. The number of ether oxygens (including phenoxy) is 1. The van der Waals surface area contributed by atoms with E-state index in [1.807, 2.05) is 6.07 Å². The Hall–Kier alpha value is -2.08. The van der Waals surface area contributed by atoms with Crippen molar-refractivity contribution in [3.63, 3.8) is 0 Å². The van der Waals surface area contributed by atoms with E-state index in [-0.39, 0.29) is 5.84 Å². The first-order valence-electron chi connectivity index (χ1n) is 8.65. The highest BCUT2D eigenvalue weighted by Crippen LogP contribution is 2.17. The molecule has 132 valence electrons. The lowest BCUT2D eigenvalue weighted by Crippen LogP contribution is -2.31. The average Bonchev–Trinajstić information content (AvgIpc) is 2.61. The minimum absolute atomic E-state index is 0.279. The second-order valence-electron chi connectivity index (χ2n) is 6.06. The maximum Gasteiger partial charge on any atom is 0.161 e. The number of amidine groups is 2. The first-order chi connectivity index (χ1) is 11.7. The van der Waals surface area contributed by atoms with Gasteiger partial charge in [0.2, 0.25) is 0 Å². The van der Waals surface area contributed by atoms with Crippen LogP contribution in [0.3, 0.4) is 0 Å². The van der Waals surface area contributed by atoms with Crippen LogP contribution >= 0.6 is 0 Å². The summed E-state index contributed by atoms with van der Waals surface area (Å²) in [7, 11) is 1.59. The Bertz CT molecular complexity index is 564. The summed E-state index contributed by atoms with van der Waals surface area (Å²) in [5, 5.41) is 0. The van der Waals surface area contributed by atoms with Crippen molar-refractivity contribution in [2.45, 2.75) is 32.2 Å². The summed E-state index contributed by atoms with van der Waals surface area (Å²) < 4.78 is 5.81. The standard InChI is InChI=1S/C18H29N5O/c1-21-17(19)18(20)22-9-6-12-24-16-8-5-7-15(13-16)14-23-10-3-2-4-11-23/h5,7-8,13H,2-4,6,9-12,14H2,1H3,(H2,19,21)(H2,20,22). The highest BCUT2D eigenvalue weighted by Gasteiger charge is 2.10. The van der Waals surface area contributed by atoms with Gasteiger partial charge in [0, 0.05) is 26.6 Å². The largest absolute Gasteiger partial charge is 0.494 e. The molecule has 0 amide bonds. The van der Waals surface area contributed by atoms with E-state index >= 15 is 0 Å². The summed E-state index contributed by atoms with van der Waals surface area (Å²) in [5.41, 5.74) is 12.6. The van der Waals surface area contributed by atoms with E-state index in [1.165, 1.54) is 37.9 Å². The van der Waals surface area contributed by atoms with Crippen molar-refractivity contribution < 1.29 is 4.74 Å². The maximum atomic E-state index is 5.81. The van der Waals surface area contributed by atoms with Crippen molar-refractivity contribution in [1.82, 2.24) is 4.90 Å². The van der Waals surface area contributed by atoms with Gasteiger partial charge in [0.05, 0.1) is 6.61 Å². The van der Waals surface area contributed by atoms with Crippen LogP contribution in [0.15, 0.2) is 34.3 Å². The van der Waals surface area contributed by atoms with Gasteiger partial charge in [-0.15, -0.1) is 0 Å². The zero-order valence-corrected chi connectivity index (χ0v) is 14.6. The van der Waals surface area contributed by atoms with Gasteiger partial charge in [-0.3, -0.25) is 14.9 Å². The number of hydrogen-bond acceptors (Lipinski definition) is 4. The highest BCUT2D eigenvalue weighted by atomic mass is 16.5. The van der Waals surface area contributed by atoms with Crippen LogP contribution in [0.1, 0.15) is 31.2 Å². The summed E-state index contributed by atoms with van der Waals surface area (Å²) in [6, 6.07) is 8.36. The zero-order valence-electron chi connectivity index (χ0n) is 14.6. The molecule has 1 aromatic carbocycles. The second-order valence-corrected chi connectivity index (χ2v) is 6.06. The summed E-state index contributed by atoms with van der Waals surface area (Å²) in [5.74, 6) is 1.48. The molecule has 1 aliphatic heterocycles. The predicted octanol–water partition coefficient (Wildman–Crippen LogP) is 1.79. The van der Waals surface area contributed by atoms with E-state index in [0.29, 0.717) is 19.0 Å². The molecule has 24 heavy (non-hydrogen) atoms. The van der Waals surface area contributed by atoms with Gasteiger partial charge in [0.15, 0.2) is 11.7 Å². The van der Waals surface area contributed by atoms with Crippen molar-refractivity contribution in [3.05, 3.63) is 29.8 Å². The Balaban J connectivity index is 1.74. The molecule has 0 aromatic heterocycles. The lowest BCUT2D eigenvalue weighted by atomic mass is 10.1. The maximum absolute atomic E-state index is 5.81. The topological polar surface area (TPSA) is 89.2 Å². The zero-order chi connectivity index (χ0) is 17.2. The van der Waals surface area contributed by atoms with Crippen LogP contribution in [-0.2, 0) is 6.54 Å². The predicted molar refractivity (Wildman–Crippen MR) is 99.7 cm³/mol. The molecule has 1 heterocycles. The Morgan fingerprint density at radius 3 is 2.71 bits per heavy atom. The normalized spacial score (nSPS) is 17.0. The minimum Gasteiger partial charge on any atom is -0.494 e. The molecule has 0 unspecified atom stereocenters. The van der Waals surface area contributed by atoms with Gasteiger partial charge in [0.1, 0.15) is 5.75 Å². The highest BCUT2D eigenvalue weighted by molar-refractivity contribution is 6.39. The molecule has 0 radical (unpaired) electrons. The van der Waals surface area contributed by atoms with E-state index in [0.717, 1.165) is 18.7 Å². The fourth-order valence-corrected chi connectivity index (χ4v) is 2.76. The first-order valence-corrected chi connectivity index (χ1v) is 8.65. The van der Waals surface area contributed by atoms with Crippen LogP contribution in [0.5, 0.6) is 5.75 Å². The van der Waals surface area contributed by atoms with Crippen molar-refractivity contribution in [2.24, 2.45) is 21.5 Å². The smallest absolute Gasteiger partial charge is 0.161 e. The van der Waals surface area contributed by atoms with Crippen molar-refractivity contribution in [2.75, 3.05) is 33.3 Å². The molecule has 1 aliphatic rings. The van der Waals surface area contributed by atoms with E-state index in [4.69, 9.17) is 16.2 Å². The molecule has 4 N–H and O–H groups in total. The fraction of sp³-hybridized carbons (Fsp3) is 0.556. The fourth-order valence-electron chi connectivity index (χ4n) is 2.76. The summed E-state index contributed by atoms with van der Waals surface area (Å²) in [6.07, 6.45) is 4.77. The molecule has 1 aromatic rings. The van der Waals surface area contributed by atoms with E-state index < -0.39 is 0 Å². The molecule has 0 spiro atoms. The third-order valence-electron chi connectivity index (χ3n) is 4.11. The minimum atomic E-state index is 0.279. The molecule has 0 saturated carbocycles. The molecule has 1 saturated heterocycles. The van der Waals surface area contributed by atoms with Gasteiger partial charge in [-0.25, -0.2) is 0 Å². The first kappa shape index (κ1) is 18.3. The molecule has 2 rings (SSSR count). The number of nitrogens with zero attached hydrogens (tertiary/aromatic N) is 3. The molecule has 0 atom stereocenters. The van der Waals surface area contributed by atoms with Gasteiger partial charge < -0.3 is 16.2 Å². The number of benzene rings is 1. The van der Waals surface area contributed by atoms with Crippen LogP contribution in [0.2, 0.25) is 0 Å². The van der Waals surface area contributed by atoms with Gasteiger partial charge in [-0.1, -0.05) is 18.6 Å². The van der Waals surface area contributed by atoms with Crippen LogP contribution in [0.4, 0.5) is 0 Å².